The Morgan fingerprint density at radius 3 is 2.50 bits per heavy atom. The minimum atomic E-state index is -4.41. The maximum atomic E-state index is 12.8. The van der Waals surface area contributed by atoms with Gasteiger partial charge in [-0.3, -0.25) is 0 Å². The molecule has 0 radical (unpaired) electrons. The van der Waals surface area contributed by atoms with E-state index in [1.54, 1.807) is 24.3 Å². The van der Waals surface area contributed by atoms with E-state index in [4.69, 9.17) is 5.26 Å². The molecule has 3 rings (SSSR count). The molecular weight excluding hydrogens is 345 g/mol. The van der Waals surface area contributed by atoms with Crippen LogP contribution in [0.2, 0.25) is 0 Å². The maximum absolute atomic E-state index is 12.8. The predicted octanol–water partition coefficient (Wildman–Crippen LogP) is 4.24. The van der Waals surface area contributed by atoms with Gasteiger partial charge in [0.15, 0.2) is 5.69 Å². The minimum Gasteiger partial charge on any atom is -0.507 e. The van der Waals surface area contributed by atoms with E-state index in [9.17, 15) is 18.3 Å². The number of aromatic hydroxyl groups is 1. The van der Waals surface area contributed by atoms with Crippen LogP contribution in [-0.2, 0) is 6.18 Å². The van der Waals surface area contributed by atoms with Gasteiger partial charge < -0.3 is 5.11 Å². The zero-order chi connectivity index (χ0) is 18.7. The number of hydrogen-bond donors (Lipinski definition) is 2. The molecule has 5 nitrogen and oxygen atoms in total. The molecule has 0 aliphatic rings. The van der Waals surface area contributed by atoms with E-state index in [1.807, 2.05) is 6.07 Å². The normalized spacial score (nSPS) is 11.6. The largest absolute Gasteiger partial charge is 0.507 e. The van der Waals surface area contributed by atoms with Gasteiger partial charge in [0.2, 0.25) is 0 Å². The summed E-state index contributed by atoms with van der Waals surface area (Å²) in [5.41, 5.74) is 0.850. The highest BCUT2D eigenvalue weighted by Crippen LogP contribution is 2.31. The van der Waals surface area contributed by atoms with Crippen LogP contribution in [0.1, 0.15) is 22.4 Å². The molecule has 0 amide bonds. The van der Waals surface area contributed by atoms with E-state index in [-0.39, 0.29) is 17.1 Å². The number of halogens is 3. The van der Waals surface area contributed by atoms with Crippen LogP contribution in [0.3, 0.4) is 0 Å². The van der Waals surface area contributed by atoms with E-state index >= 15 is 0 Å². The summed E-state index contributed by atoms with van der Waals surface area (Å²) < 4.78 is 38.3. The fourth-order valence-electron chi connectivity index (χ4n) is 2.35. The van der Waals surface area contributed by atoms with Crippen LogP contribution in [0.4, 0.5) is 13.2 Å². The third-order valence-electron chi connectivity index (χ3n) is 3.62. The molecule has 2 aromatic carbocycles. The number of benzene rings is 2. The molecule has 0 bridgehead atoms. The summed E-state index contributed by atoms with van der Waals surface area (Å²) in [6.07, 6.45) is -1.28. The van der Waals surface area contributed by atoms with Crippen LogP contribution < -0.4 is 0 Å². The zero-order valence-electron chi connectivity index (χ0n) is 13.1. The molecule has 1 heterocycles. The minimum absolute atomic E-state index is 0.0911. The molecule has 3 aromatic rings. The Kier molecular flexibility index (Phi) is 4.45. The number of nitrogens with zero attached hydrogens (tertiary/aromatic N) is 3. The molecule has 0 saturated carbocycles. The Bertz CT molecular complexity index is 1020. The van der Waals surface area contributed by atoms with Crippen molar-refractivity contribution in [3.05, 3.63) is 64.8 Å². The SMILES string of the molecule is N#Cc1[nH]nnc1-c1cc(/C=C/c2cccc(C(F)(F)F)c2)ccc1O. The van der Waals surface area contributed by atoms with Gasteiger partial charge in [-0.05, 0) is 35.4 Å². The van der Waals surface area contributed by atoms with Crippen LogP contribution >= 0.6 is 0 Å². The average Bonchev–Trinajstić information content (AvgIpc) is 3.09. The van der Waals surface area contributed by atoms with Crippen molar-refractivity contribution in [2.24, 2.45) is 0 Å². The van der Waals surface area contributed by atoms with Gasteiger partial charge in [0.1, 0.15) is 17.5 Å². The van der Waals surface area contributed by atoms with Crippen molar-refractivity contribution in [2.45, 2.75) is 6.18 Å². The second-order valence-electron chi connectivity index (χ2n) is 5.38. The van der Waals surface area contributed by atoms with Crippen molar-refractivity contribution < 1.29 is 18.3 Å². The molecule has 2 N–H and O–H groups in total. The van der Waals surface area contributed by atoms with Crippen molar-refractivity contribution in [3.63, 3.8) is 0 Å². The number of aromatic nitrogens is 3. The predicted molar refractivity (Wildman–Crippen MR) is 88.6 cm³/mol. The van der Waals surface area contributed by atoms with E-state index in [0.29, 0.717) is 16.7 Å². The van der Waals surface area contributed by atoms with E-state index in [2.05, 4.69) is 15.4 Å². The molecule has 0 spiro atoms. The highest BCUT2D eigenvalue weighted by molar-refractivity contribution is 5.77. The fraction of sp³-hybridized carbons (Fsp3) is 0.0556. The van der Waals surface area contributed by atoms with Gasteiger partial charge in [-0.25, -0.2) is 5.10 Å². The summed E-state index contributed by atoms with van der Waals surface area (Å²) in [7, 11) is 0. The van der Waals surface area contributed by atoms with Gasteiger partial charge in [0.25, 0.3) is 0 Å². The molecule has 0 fully saturated rings. The second kappa shape index (κ2) is 6.72. The Morgan fingerprint density at radius 2 is 1.81 bits per heavy atom. The second-order valence-corrected chi connectivity index (χ2v) is 5.38. The van der Waals surface area contributed by atoms with Gasteiger partial charge in [0, 0.05) is 5.56 Å². The molecule has 1 aromatic heterocycles. The van der Waals surface area contributed by atoms with Gasteiger partial charge >= 0.3 is 6.18 Å². The van der Waals surface area contributed by atoms with Gasteiger partial charge in [0.05, 0.1) is 5.56 Å². The highest BCUT2D eigenvalue weighted by atomic mass is 19.4. The third kappa shape index (κ3) is 3.57. The number of alkyl halides is 3. The smallest absolute Gasteiger partial charge is 0.416 e. The molecule has 0 atom stereocenters. The highest BCUT2D eigenvalue weighted by Gasteiger charge is 2.30. The van der Waals surface area contributed by atoms with Crippen LogP contribution in [0.15, 0.2) is 42.5 Å². The number of nitriles is 1. The summed E-state index contributed by atoms with van der Waals surface area (Å²) in [5, 5.41) is 28.8. The number of hydrogen-bond acceptors (Lipinski definition) is 4. The monoisotopic (exact) mass is 356 g/mol. The number of rotatable bonds is 3. The first-order valence-electron chi connectivity index (χ1n) is 7.38. The van der Waals surface area contributed by atoms with Crippen LogP contribution in [-0.4, -0.2) is 20.5 Å². The Labute approximate surface area is 146 Å². The summed E-state index contributed by atoms with van der Waals surface area (Å²) in [5.74, 6) is -0.0911. The molecule has 130 valence electrons. The van der Waals surface area contributed by atoms with Crippen LogP contribution in [0.25, 0.3) is 23.4 Å². The topological polar surface area (TPSA) is 85.6 Å². The Morgan fingerprint density at radius 1 is 1.08 bits per heavy atom. The lowest BCUT2D eigenvalue weighted by atomic mass is 10.0. The van der Waals surface area contributed by atoms with Crippen molar-refractivity contribution in [3.8, 4) is 23.1 Å². The zero-order valence-corrected chi connectivity index (χ0v) is 13.1. The standard InChI is InChI=1S/C18H11F3N4O/c19-18(20,21)13-3-1-2-11(8-13)4-5-12-6-7-16(26)14(9-12)17-15(10-22)23-25-24-17/h1-9,26H,(H,23,24,25)/b5-4+. The van der Waals surface area contributed by atoms with Crippen LogP contribution in [0, 0.1) is 11.3 Å². The van der Waals surface area contributed by atoms with E-state index in [1.165, 1.54) is 18.2 Å². The lowest BCUT2D eigenvalue weighted by Gasteiger charge is -2.07. The molecule has 0 aliphatic carbocycles. The molecule has 8 heteroatoms. The van der Waals surface area contributed by atoms with Gasteiger partial charge in [-0.2, -0.15) is 18.4 Å². The van der Waals surface area contributed by atoms with E-state index < -0.39 is 11.7 Å². The van der Waals surface area contributed by atoms with Crippen molar-refractivity contribution in [2.75, 3.05) is 0 Å². The first-order chi connectivity index (χ1) is 12.4. The number of aromatic amines is 1. The van der Waals surface area contributed by atoms with E-state index in [0.717, 1.165) is 12.1 Å². The molecule has 0 aliphatic heterocycles. The number of phenols is 1. The lowest BCUT2D eigenvalue weighted by Crippen LogP contribution is -2.04. The van der Waals surface area contributed by atoms with Crippen molar-refractivity contribution >= 4 is 12.2 Å². The first kappa shape index (κ1) is 17.2. The molecule has 0 unspecified atom stereocenters. The van der Waals surface area contributed by atoms with Gasteiger partial charge in [-0.1, -0.05) is 35.6 Å². The summed E-state index contributed by atoms with van der Waals surface area (Å²) >= 11 is 0. The number of phenolic OH excluding ortho intramolecular Hbond substituents is 1. The molecule has 26 heavy (non-hydrogen) atoms. The first-order valence-corrected chi connectivity index (χ1v) is 7.38. The van der Waals surface area contributed by atoms with Crippen LogP contribution in [0.5, 0.6) is 5.75 Å². The summed E-state index contributed by atoms with van der Waals surface area (Å²) in [4.78, 5) is 0. The number of nitrogens with one attached hydrogen (secondary N) is 1. The molecular formula is C18H11F3N4O. The average molecular weight is 356 g/mol. The Hall–Kier alpha value is -3.60. The third-order valence-corrected chi connectivity index (χ3v) is 3.62. The summed E-state index contributed by atoms with van der Waals surface area (Å²) in [6, 6.07) is 11.4. The fourth-order valence-corrected chi connectivity index (χ4v) is 2.35. The quantitative estimate of drug-likeness (QED) is 0.688. The maximum Gasteiger partial charge on any atom is 0.416 e. The number of H-pyrrole nitrogens is 1. The Balaban J connectivity index is 1.93. The summed E-state index contributed by atoms with van der Waals surface area (Å²) in [6.45, 7) is 0. The molecule has 0 saturated heterocycles. The van der Waals surface area contributed by atoms with Gasteiger partial charge in [-0.15, -0.1) is 5.10 Å². The van der Waals surface area contributed by atoms with Crippen molar-refractivity contribution in [1.82, 2.24) is 15.4 Å². The van der Waals surface area contributed by atoms with Crippen molar-refractivity contribution in [1.29, 1.82) is 5.26 Å². The lowest BCUT2D eigenvalue weighted by molar-refractivity contribution is -0.137.